The molecule has 1 rings (SSSR count). The molecule has 107 valence electrons. The highest BCUT2D eigenvalue weighted by atomic mass is 31.2. The lowest BCUT2D eigenvalue weighted by atomic mass is 9.93. The van der Waals surface area contributed by atoms with Gasteiger partial charge >= 0.3 is 7.82 Å². The first-order valence-corrected chi connectivity index (χ1v) is 6.98. The molecule has 0 saturated carbocycles. The molecule has 0 bridgehead atoms. The van der Waals surface area contributed by atoms with E-state index in [0.29, 0.717) is 12.8 Å². The van der Waals surface area contributed by atoms with Gasteiger partial charge in [0.05, 0.1) is 12.7 Å². The highest BCUT2D eigenvalue weighted by Gasteiger charge is 2.43. The number of ether oxygens (including phenoxy) is 1. The normalized spacial score (nSPS) is 37.8. The predicted octanol–water partition coefficient (Wildman–Crippen LogP) is -1.44. The van der Waals surface area contributed by atoms with Gasteiger partial charge in [-0.15, -0.1) is 0 Å². The van der Waals surface area contributed by atoms with Crippen molar-refractivity contribution in [2.75, 3.05) is 6.61 Å². The van der Waals surface area contributed by atoms with Gasteiger partial charge in [-0.2, -0.15) is 0 Å². The summed E-state index contributed by atoms with van der Waals surface area (Å²) in [6.07, 6.45) is -5.30. The van der Waals surface area contributed by atoms with Crippen LogP contribution in [0.4, 0.5) is 0 Å². The Morgan fingerprint density at radius 3 is 2.17 bits per heavy atom. The highest BCUT2D eigenvalue weighted by Crippen LogP contribution is 2.37. The van der Waals surface area contributed by atoms with Gasteiger partial charge in [-0.05, 0) is 6.42 Å². The van der Waals surface area contributed by atoms with Crippen LogP contribution in [-0.2, 0) is 13.8 Å². The average molecular weight is 285 g/mol. The van der Waals surface area contributed by atoms with Crippen LogP contribution in [0.25, 0.3) is 0 Å². The molecular formula is C9H18O8P. The second-order valence-corrected chi connectivity index (χ2v) is 5.35. The van der Waals surface area contributed by atoms with Crippen molar-refractivity contribution in [2.24, 2.45) is 0 Å². The minimum atomic E-state index is -4.68. The van der Waals surface area contributed by atoms with E-state index in [4.69, 9.17) is 14.5 Å². The van der Waals surface area contributed by atoms with Crippen LogP contribution in [0.5, 0.6) is 0 Å². The van der Waals surface area contributed by atoms with Crippen LogP contribution < -0.4 is 0 Å². The molecule has 9 heteroatoms. The number of phosphoric ester groups is 1. The molecule has 1 aliphatic heterocycles. The first-order valence-electron chi connectivity index (χ1n) is 5.45. The van der Waals surface area contributed by atoms with E-state index in [-0.39, 0.29) is 0 Å². The maximum atomic E-state index is 10.5. The van der Waals surface area contributed by atoms with Crippen molar-refractivity contribution in [3.05, 3.63) is 6.92 Å². The monoisotopic (exact) mass is 285 g/mol. The van der Waals surface area contributed by atoms with Gasteiger partial charge in [0.2, 0.25) is 0 Å². The van der Waals surface area contributed by atoms with Gasteiger partial charge in [0.1, 0.15) is 24.4 Å². The molecule has 0 spiro atoms. The third-order valence-corrected chi connectivity index (χ3v) is 3.19. The van der Waals surface area contributed by atoms with E-state index in [1.54, 1.807) is 0 Å². The molecule has 1 saturated heterocycles. The summed E-state index contributed by atoms with van der Waals surface area (Å²) in [6.45, 7) is 3.00. The Hall–Kier alpha value is -0.0500. The molecule has 5 atom stereocenters. The minimum absolute atomic E-state index is 0.345. The summed E-state index contributed by atoms with van der Waals surface area (Å²) in [5.41, 5.74) is 0. The van der Waals surface area contributed by atoms with E-state index >= 15 is 0 Å². The van der Waals surface area contributed by atoms with Crippen molar-refractivity contribution in [3.63, 3.8) is 0 Å². The van der Waals surface area contributed by atoms with Gasteiger partial charge in [0.15, 0.2) is 0 Å². The molecule has 1 aliphatic rings. The second-order valence-electron chi connectivity index (χ2n) is 4.11. The zero-order chi connectivity index (χ0) is 13.9. The molecule has 5 unspecified atom stereocenters. The minimum Gasteiger partial charge on any atom is -0.388 e. The Morgan fingerprint density at radius 2 is 1.67 bits per heavy atom. The Morgan fingerprint density at radius 1 is 1.11 bits per heavy atom. The van der Waals surface area contributed by atoms with Crippen molar-refractivity contribution in [1.82, 2.24) is 0 Å². The van der Waals surface area contributed by atoms with Crippen molar-refractivity contribution < 1.29 is 38.9 Å². The third kappa shape index (κ3) is 4.25. The van der Waals surface area contributed by atoms with E-state index in [2.05, 4.69) is 11.4 Å². The Bertz CT molecular complexity index is 305. The quantitative estimate of drug-likeness (QED) is 0.387. The fourth-order valence-corrected chi connectivity index (χ4v) is 2.12. The van der Waals surface area contributed by atoms with Crippen molar-refractivity contribution >= 4 is 7.82 Å². The van der Waals surface area contributed by atoms with E-state index in [9.17, 15) is 19.9 Å². The third-order valence-electron chi connectivity index (χ3n) is 2.71. The summed E-state index contributed by atoms with van der Waals surface area (Å²) >= 11 is 0. The Kier molecular flexibility index (Phi) is 5.69. The fraction of sp³-hybridized carbons (Fsp3) is 0.889. The molecule has 1 radical (unpaired) electrons. The molecule has 0 aromatic rings. The largest absolute Gasteiger partial charge is 0.469 e. The van der Waals surface area contributed by atoms with E-state index in [0.717, 1.165) is 0 Å². The first kappa shape index (κ1) is 16.0. The van der Waals surface area contributed by atoms with Gasteiger partial charge in [-0.1, -0.05) is 13.3 Å². The van der Waals surface area contributed by atoms with Gasteiger partial charge in [-0.3, -0.25) is 4.52 Å². The number of phosphoric acid groups is 1. The van der Waals surface area contributed by atoms with Crippen LogP contribution >= 0.6 is 7.82 Å². The van der Waals surface area contributed by atoms with Gasteiger partial charge < -0.3 is 29.8 Å². The summed E-state index contributed by atoms with van der Waals surface area (Å²) in [7, 11) is -4.68. The van der Waals surface area contributed by atoms with Crippen LogP contribution in [-0.4, -0.2) is 62.2 Å². The second kappa shape index (κ2) is 6.40. The Balaban J connectivity index is 2.64. The van der Waals surface area contributed by atoms with Crippen LogP contribution in [0.15, 0.2) is 0 Å². The molecule has 0 aromatic heterocycles. The lowest BCUT2D eigenvalue weighted by molar-refractivity contribution is -0.229. The highest BCUT2D eigenvalue weighted by molar-refractivity contribution is 7.46. The fourth-order valence-electron chi connectivity index (χ4n) is 1.78. The average Bonchev–Trinajstić information content (AvgIpc) is 2.27. The lowest BCUT2D eigenvalue weighted by Gasteiger charge is -2.40. The molecule has 0 aliphatic carbocycles. The first-order chi connectivity index (χ1) is 8.26. The molecule has 18 heavy (non-hydrogen) atoms. The van der Waals surface area contributed by atoms with E-state index in [1.807, 2.05) is 0 Å². The predicted molar refractivity (Wildman–Crippen MR) is 59.3 cm³/mol. The molecular weight excluding hydrogens is 267 g/mol. The number of rotatable bonds is 5. The van der Waals surface area contributed by atoms with E-state index in [1.165, 1.54) is 0 Å². The summed E-state index contributed by atoms with van der Waals surface area (Å²) in [4.78, 5) is 17.1. The van der Waals surface area contributed by atoms with Crippen LogP contribution in [0.1, 0.15) is 12.8 Å². The molecule has 1 heterocycles. The van der Waals surface area contributed by atoms with Crippen molar-refractivity contribution in [3.8, 4) is 0 Å². The van der Waals surface area contributed by atoms with Gasteiger partial charge in [-0.25, -0.2) is 4.57 Å². The summed E-state index contributed by atoms with van der Waals surface area (Å²) in [5.74, 6) is 0. The molecule has 5 N–H and O–H groups in total. The summed E-state index contributed by atoms with van der Waals surface area (Å²) < 4.78 is 20.0. The zero-order valence-electron chi connectivity index (χ0n) is 9.62. The Labute approximate surface area is 104 Å². The maximum Gasteiger partial charge on any atom is 0.469 e. The SMILES string of the molecule is [CH2]CCC1OC(COP(=O)(O)O)C(O)C(O)C1O. The van der Waals surface area contributed by atoms with Gasteiger partial charge in [0, 0.05) is 0 Å². The molecule has 1 fully saturated rings. The number of hydrogen-bond donors (Lipinski definition) is 5. The zero-order valence-corrected chi connectivity index (χ0v) is 10.5. The summed E-state index contributed by atoms with van der Waals surface area (Å²) in [5, 5.41) is 28.8. The van der Waals surface area contributed by atoms with Gasteiger partial charge in [0.25, 0.3) is 0 Å². The number of hydrogen-bond acceptors (Lipinski definition) is 6. The molecule has 0 amide bonds. The van der Waals surface area contributed by atoms with E-state index < -0.39 is 44.9 Å². The smallest absolute Gasteiger partial charge is 0.388 e. The lowest BCUT2D eigenvalue weighted by Crippen LogP contribution is -2.58. The number of aliphatic hydroxyl groups is 3. The molecule has 8 nitrogen and oxygen atoms in total. The van der Waals surface area contributed by atoms with Crippen LogP contribution in [0.2, 0.25) is 0 Å². The number of aliphatic hydroxyl groups excluding tert-OH is 3. The van der Waals surface area contributed by atoms with Crippen LogP contribution in [0, 0.1) is 6.92 Å². The standard InChI is InChI=1S/C9H18O8P/c1-2-3-5-7(10)9(12)8(11)6(17-5)4-16-18(13,14)15/h5-12H,1-4H2,(H2,13,14,15). The van der Waals surface area contributed by atoms with Crippen molar-refractivity contribution in [1.29, 1.82) is 0 Å². The van der Waals surface area contributed by atoms with Crippen molar-refractivity contribution in [2.45, 2.75) is 43.4 Å². The van der Waals surface area contributed by atoms with Crippen LogP contribution in [0.3, 0.4) is 0 Å². The maximum absolute atomic E-state index is 10.5. The topological polar surface area (TPSA) is 137 Å². The molecule has 0 aromatic carbocycles. The summed E-state index contributed by atoms with van der Waals surface area (Å²) in [6, 6.07) is 0.